The molecule has 0 fully saturated rings. The first kappa shape index (κ1) is 15.0. The number of hydrogen-bond acceptors (Lipinski definition) is 3. The first-order chi connectivity index (χ1) is 8.50. The molecule has 4 nitrogen and oxygen atoms in total. The maximum absolute atomic E-state index is 11.6. The Morgan fingerprint density at radius 2 is 2.06 bits per heavy atom. The van der Waals surface area contributed by atoms with Crippen molar-refractivity contribution in [3.8, 4) is 0 Å². The van der Waals surface area contributed by atoms with Crippen LogP contribution in [-0.2, 0) is 9.59 Å². The van der Waals surface area contributed by atoms with E-state index >= 15 is 0 Å². The van der Waals surface area contributed by atoms with Gasteiger partial charge in [-0.2, -0.15) is 0 Å². The van der Waals surface area contributed by atoms with E-state index in [0.29, 0.717) is 0 Å². The van der Waals surface area contributed by atoms with Crippen molar-refractivity contribution < 1.29 is 14.7 Å². The number of benzene rings is 1. The van der Waals surface area contributed by atoms with Crippen LogP contribution >= 0.6 is 27.7 Å². The van der Waals surface area contributed by atoms with Gasteiger partial charge in [0, 0.05) is 4.47 Å². The van der Waals surface area contributed by atoms with Crippen molar-refractivity contribution in [3.63, 3.8) is 0 Å². The fourth-order valence-electron chi connectivity index (χ4n) is 1.42. The van der Waals surface area contributed by atoms with E-state index < -0.39 is 5.97 Å². The van der Waals surface area contributed by atoms with Gasteiger partial charge in [-0.15, -0.1) is 11.8 Å². The lowest BCUT2D eigenvalue weighted by Crippen LogP contribution is -2.28. The second-order valence-electron chi connectivity index (χ2n) is 3.70. The molecule has 0 spiro atoms. The van der Waals surface area contributed by atoms with Gasteiger partial charge in [0.15, 0.2) is 0 Å². The molecule has 0 heterocycles. The zero-order valence-electron chi connectivity index (χ0n) is 9.85. The lowest BCUT2D eigenvalue weighted by Gasteiger charge is -2.15. The molecule has 2 N–H and O–H groups in total. The first-order valence-corrected chi connectivity index (χ1v) is 7.29. The van der Waals surface area contributed by atoms with Crippen LogP contribution in [0.5, 0.6) is 0 Å². The van der Waals surface area contributed by atoms with E-state index in [2.05, 4.69) is 21.2 Å². The zero-order chi connectivity index (χ0) is 13.5. The molecule has 1 atom stereocenters. The summed E-state index contributed by atoms with van der Waals surface area (Å²) in [4.78, 5) is 21.9. The van der Waals surface area contributed by atoms with Crippen LogP contribution in [0.4, 0.5) is 0 Å². The van der Waals surface area contributed by atoms with E-state index in [1.165, 1.54) is 0 Å². The van der Waals surface area contributed by atoms with Crippen LogP contribution in [0.1, 0.15) is 18.5 Å². The third kappa shape index (κ3) is 5.10. The van der Waals surface area contributed by atoms with Crippen LogP contribution in [0.15, 0.2) is 28.7 Å². The highest BCUT2D eigenvalue weighted by atomic mass is 79.9. The summed E-state index contributed by atoms with van der Waals surface area (Å²) in [5.41, 5.74) is 0.995. The fraction of sp³-hybridized carbons (Fsp3) is 0.333. The predicted molar refractivity (Wildman–Crippen MR) is 75.7 cm³/mol. The van der Waals surface area contributed by atoms with Crippen molar-refractivity contribution >= 4 is 39.6 Å². The number of halogens is 1. The number of carbonyl (C=O) groups is 2. The summed E-state index contributed by atoms with van der Waals surface area (Å²) in [6.07, 6.45) is 0. The highest BCUT2D eigenvalue weighted by Gasteiger charge is 2.12. The highest BCUT2D eigenvalue weighted by molar-refractivity contribution is 9.10. The second-order valence-corrected chi connectivity index (χ2v) is 5.54. The van der Waals surface area contributed by atoms with Gasteiger partial charge < -0.3 is 10.4 Å². The molecule has 0 aromatic heterocycles. The van der Waals surface area contributed by atoms with Gasteiger partial charge >= 0.3 is 5.97 Å². The van der Waals surface area contributed by atoms with Crippen molar-refractivity contribution in [3.05, 3.63) is 34.3 Å². The third-order valence-electron chi connectivity index (χ3n) is 2.21. The summed E-state index contributed by atoms with van der Waals surface area (Å²) in [5.74, 6) is -0.978. The Morgan fingerprint density at radius 3 is 2.67 bits per heavy atom. The monoisotopic (exact) mass is 331 g/mol. The standard InChI is InChI=1S/C12H14BrNO3S/c1-8(9-4-2-3-5-10(9)13)14-11(15)6-18-7-12(16)17/h2-5,8H,6-7H2,1H3,(H,14,15)(H,16,17)/t8-/m1/s1. The largest absolute Gasteiger partial charge is 0.481 e. The average molecular weight is 332 g/mol. The molecule has 1 amide bonds. The van der Waals surface area contributed by atoms with Gasteiger partial charge in [-0.25, -0.2) is 0 Å². The number of nitrogens with one attached hydrogen (secondary N) is 1. The summed E-state index contributed by atoms with van der Waals surface area (Å²) in [5, 5.41) is 11.3. The first-order valence-electron chi connectivity index (χ1n) is 5.34. The Balaban J connectivity index is 2.45. The van der Waals surface area contributed by atoms with Crippen LogP contribution in [0.25, 0.3) is 0 Å². The topological polar surface area (TPSA) is 66.4 Å². The minimum atomic E-state index is -0.911. The molecule has 0 saturated heterocycles. The predicted octanol–water partition coefficient (Wildman–Crippen LogP) is 2.44. The lowest BCUT2D eigenvalue weighted by atomic mass is 10.1. The Kier molecular flexibility index (Phi) is 6.21. The molecule has 1 aromatic rings. The number of carboxylic acids is 1. The van der Waals surface area contributed by atoms with Crippen molar-refractivity contribution in [2.75, 3.05) is 11.5 Å². The van der Waals surface area contributed by atoms with Gasteiger partial charge in [-0.1, -0.05) is 34.1 Å². The Bertz CT molecular complexity index is 439. The summed E-state index contributed by atoms with van der Waals surface area (Å²) in [6.45, 7) is 1.89. The van der Waals surface area contributed by atoms with E-state index in [1.54, 1.807) is 0 Å². The highest BCUT2D eigenvalue weighted by Crippen LogP contribution is 2.22. The maximum Gasteiger partial charge on any atom is 0.313 e. The van der Waals surface area contributed by atoms with Crippen LogP contribution in [-0.4, -0.2) is 28.5 Å². The number of aliphatic carboxylic acids is 1. The van der Waals surface area contributed by atoms with Gasteiger partial charge in [0.05, 0.1) is 17.5 Å². The Hall–Kier alpha value is -1.01. The quantitative estimate of drug-likeness (QED) is 0.840. The van der Waals surface area contributed by atoms with Crippen LogP contribution in [0.3, 0.4) is 0 Å². The number of amides is 1. The molecule has 1 aromatic carbocycles. The van der Waals surface area contributed by atoms with Crippen molar-refractivity contribution in [2.45, 2.75) is 13.0 Å². The minimum Gasteiger partial charge on any atom is -0.481 e. The van der Waals surface area contributed by atoms with Crippen LogP contribution < -0.4 is 5.32 Å². The molecule has 1 rings (SSSR count). The molecule has 0 unspecified atom stereocenters. The Morgan fingerprint density at radius 1 is 1.39 bits per heavy atom. The van der Waals surface area contributed by atoms with E-state index in [0.717, 1.165) is 21.8 Å². The minimum absolute atomic E-state index is 0.0587. The van der Waals surface area contributed by atoms with Crippen LogP contribution in [0.2, 0.25) is 0 Å². The van der Waals surface area contributed by atoms with Gasteiger partial charge in [0.2, 0.25) is 5.91 Å². The molecule has 18 heavy (non-hydrogen) atoms. The van der Waals surface area contributed by atoms with Gasteiger partial charge in [-0.3, -0.25) is 9.59 Å². The zero-order valence-corrected chi connectivity index (χ0v) is 12.3. The molecule has 0 saturated carbocycles. The third-order valence-corrected chi connectivity index (χ3v) is 3.85. The number of carboxylic acid groups (broad SMARTS) is 1. The van der Waals surface area contributed by atoms with Crippen molar-refractivity contribution in [1.29, 1.82) is 0 Å². The normalized spacial score (nSPS) is 11.9. The molecule has 0 bridgehead atoms. The van der Waals surface area contributed by atoms with E-state index in [-0.39, 0.29) is 23.5 Å². The fourth-order valence-corrected chi connectivity index (χ4v) is 2.59. The Labute approximate surface area is 118 Å². The molecule has 6 heteroatoms. The van der Waals surface area contributed by atoms with Crippen LogP contribution in [0, 0.1) is 0 Å². The number of carbonyl (C=O) groups excluding carboxylic acids is 1. The molecular formula is C12H14BrNO3S. The maximum atomic E-state index is 11.6. The summed E-state index contributed by atoms with van der Waals surface area (Å²) in [7, 11) is 0. The number of thioether (sulfide) groups is 1. The summed E-state index contributed by atoms with van der Waals surface area (Å²) >= 11 is 4.51. The smallest absolute Gasteiger partial charge is 0.313 e. The van der Waals surface area contributed by atoms with E-state index in [4.69, 9.17) is 5.11 Å². The van der Waals surface area contributed by atoms with Crippen molar-refractivity contribution in [1.82, 2.24) is 5.32 Å². The lowest BCUT2D eigenvalue weighted by molar-refractivity contribution is -0.133. The average Bonchev–Trinajstić information content (AvgIpc) is 2.28. The van der Waals surface area contributed by atoms with E-state index in [9.17, 15) is 9.59 Å². The number of rotatable bonds is 6. The molecule has 0 aliphatic carbocycles. The second kappa shape index (κ2) is 7.43. The van der Waals surface area contributed by atoms with Crippen molar-refractivity contribution in [2.24, 2.45) is 0 Å². The summed E-state index contributed by atoms with van der Waals surface area (Å²) < 4.78 is 0.941. The van der Waals surface area contributed by atoms with Gasteiger partial charge in [0.25, 0.3) is 0 Å². The molecule has 0 radical (unpaired) electrons. The molecule has 0 aliphatic heterocycles. The summed E-state index contributed by atoms with van der Waals surface area (Å²) in [6, 6.07) is 7.54. The van der Waals surface area contributed by atoms with E-state index in [1.807, 2.05) is 31.2 Å². The SMILES string of the molecule is C[C@@H](NC(=O)CSCC(=O)O)c1ccccc1Br. The van der Waals surface area contributed by atoms with Gasteiger partial charge in [-0.05, 0) is 18.6 Å². The number of hydrogen-bond donors (Lipinski definition) is 2. The molecular weight excluding hydrogens is 318 g/mol. The van der Waals surface area contributed by atoms with Gasteiger partial charge in [0.1, 0.15) is 0 Å². The molecule has 0 aliphatic rings. The molecule has 98 valence electrons.